The van der Waals surface area contributed by atoms with Gasteiger partial charge in [-0.2, -0.15) is 0 Å². The van der Waals surface area contributed by atoms with Crippen molar-refractivity contribution in [3.05, 3.63) is 58.3 Å². The van der Waals surface area contributed by atoms with Gasteiger partial charge in [-0.15, -0.1) is 11.3 Å². The second-order valence-electron chi connectivity index (χ2n) is 4.68. The van der Waals surface area contributed by atoms with Crippen LogP contribution < -0.4 is 5.32 Å². The Morgan fingerprint density at radius 2 is 1.89 bits per heavy atom. The van der Waals surface area contributed by atoms with E-state index in [2.05, 4.69) is 60.1 Å². The molecule has 1 N–H and O–H groups in total. The highest BCUT2D eigenvalue weighted by Gasteiger charge is 2.03. The fourth-order valence-electron chi connectivity index (χ4n) is 2.06. The van der Waals surface area contributed by atoms with E-state index in [1.807, 2.05) is 11.3 Å². The van der Waals surface area contributed by atoms with Crippen molar-refractivity contribution in [3.8, 4) is 0 Å². The first-order valence-corrected chi connectivity index (χ1v) is 7.52. The van der Waals surface area contributed by atoms with Gasteiger partial charge in [0.25, 0.3) is 0 Å². The van der Waals surface area contributed by atoms with E-state index in [4.69, 9.17) is 0 Å². The van der Waals surface area contributed by atoms with Gasteiger partial charge in [0.05, 0.1) is 0 Å². The third-order valence-corrected chi connectivity index (χ3v) is 4.19. The summed E-state index contributed by atoms with van der Waals surface area (Å²) in [5.41, 5.74) is 1.44. The molecule has 18 heavy (non-hydrogen) atoms. The van der Waals surface area contributed by atoms with Crippen molar-refractivity contribution >= 4 is 11.3 Å². The Hall–Kier alpha value is -1.12. The minimum atomic E-state index is 0.639. The molecule has 0 amide bonds. The van der Waals surface area contributed by atoms with Gasteiger partial charge in [0, 0.05) is 4.88 Å². The number of rotatable bonds is 7. The van der Waals surface area contributed by atoms with Crippen molar-refractivity contribution < 1.29 is 0 Å². The molecular weight excluding hydrogens is 238 g/mol. The van der Waals surface area contributed by atoms with Gasteiger partial charge in [0.1, 0.15) is 0 Å². The monoisotopic (exact) mass is 259 g/mol. The molecule has 96 valence electrons. The van der Waals surface area contributed by atoms with E-state index in [0.29, 0.717) is 5.92 Å². The number of hydrogen-bond donors (Lipinski definition) is 1. The summed E-state index contributed by atoms with van der Waals surface area (Å²) in [6.45, 7) is 4.49. The minimum Gasteiger partial charge on any atom is -0.316 e. The van der Waals surface area contributed by atoms with Crippen LogP contribution in [-0.4, -0.2) is 13.1 Å². The molecule has 0 spiro atoms. The first kappa shape index (κ1) is 13.3. The maximum absolute atomic E-state index is 3.53. The molecule has 1 unspecified atom stereocenters. The highest BCUT2D eigenvalue weighted by molar-refractivity contribution is 7.09. The first-order chi connectivity index (χ1) is 8.86. The maximum Gasteiger partial charge on any atom is 0.00578 e. The molecule has 0 aliphatic heterocycles. The summed E-state index contributed by atoms with van der Waals surface area (Å²) in [6, 6.07) is 15.1. The molecular formula is C16H21NS. The summed E-state index contributed by atoms with van der Waals surface area (Å²) in [7, 11) is 0. The largest absolute Gasteiger partial charge is 0.316 e. The molecule has 1 nitrogen and oxygen atoms in total. The normalized spacial score (nSPS) is 12.5. The molecule has 0 aliphatic rings. The van der Waals surface area contributed by atoms with Crippen LogP contribution in [0.15, 0.2) is 47.8 Å². The van der Waals surface area contributed by atoms with Crippen molar-refractivity contribution in [2.24, 2.45) is 0 Å². The van der Waals surface area contributed by atoms with Crippen LogP contribution >= 0.6 is 11.3 Å². The van der Waals surface area contributed by atoms with Crippen molar-refractivity contribution in [1.29, 1.82) is 0 Å². The first-order valence-electron chi connectivity index (χ1n) is 6.64. The molecule has 1 atom stereocenters. The Kier molecular flexibility index (Phi) is 5.43. The summed E-state index contributed by atoms with van der Waals surface area (Å²) >= 11 is 1.84. The molecule has 0 saturated carbocycles. The summed E-state index contributed by atoms with van der Waals surface area (Å²) in [4.78, 5) is 1.47. The van der Waals surface area contributed by atoms with E-state index in [-0.39, 0.29) is 0 Å². The van der Waals surface area contributed by atoms with Gasteiger partial charge < -0.3 is 5.32 Å². The smallest absolute Gasteiger partial charge is 0.00578 e. The fraction of sp³-hybridized carbons (Fsp3) is 0.375. The van der Waals surface area contributed by atoms with Gasteiger partial charge in [0.2, 0.25) is 0 Å². The van der Waals surface area contributed by atoms with Gasteiger partial charge in [-0.05, 0) is 48.9 Å². The van der Waals surface area contributed by atoms with Gasteiger partial charge in [0.15, 0.2) is 0 Å². The zero-order valence-corrected chi connectivity index (χ0v) is 11.7. The third kappa shape index (κ3) is 4.28. The van der Waals surface area contributed by atoms with E-state index >= 15 is 0 Å². The molecule has 1 heterocycles. The molecule has 0 saturated heterocycles. The molecule has 1 aromatic carbocycles. The molecule has 1 aromatic heterocycles. The van der Waals surface area contributed by atoms with Crippen LogP contribution in [0.25, 0.3) is 0 Å². The zero-order chi connectivity index (χ0) is 12.6. The predicted molar refractivity (Wildman–Crippen MR) is 80.4 cm³/mol. The lowest BCUT2D eigenvalue weighted by Crippen LogP contribution is -2.19. The highest BCUT2D eigenvalue weighted by atomic mass is 32.1. The summed E-state index contributed by atoms with van der Waals surface area (Å²) < 4.78 is 0. The minimum absolute atomic E-state index is 0.639. The molecule has 2 rings (SSSR count). The Balaban J connectivity index is 1.61. The second kappa shape index (κ2) is 7.34. The van der Waals surface area contributed by atoms with Gasteiger partial charge in [-0.3, -0.25) is 0 Å². The molecule has 0 bridgehead atoms. The molecule has 2 heteroatoms. The van der Waals surface area contributed by atoms with E-state index in [1.165, 1.54) is 16.9 Å². The average Bonchev–Trinajstić information content (AvgIpc) is 2.92. The van der Waals surface area contributed by atoms with E-state index in [9.17, 15) is 0 Å². The third-order valence-electron chi connectivity index (χ3n) is 3.25. The van der Waals surface area contributed by atoms with Crippen molar-refractivity contribution in [1.82, 2.24) is 5.32 Å². The number of hydrogen-bond acceptors (Lipinski definition) is 2. The van der Waals surface area contributed by atoms with Crippen LogP contribution in [0.5, 0.6) is 0 Å². The number of nitrogens with one attached hydrogen (secondary N) is 1. The van der Waals surface area contributed by atoms with Crippen LogP contribution in [0.2, 0.25) is 0 Å². The van der Waals surface area contributed by atoms with Crippen molar-refractivity contribution in [3.63, 3.8) is 0 Å². The van der Waals surface area contributed by atoms with Gasteiger partial charge in [-0.25, -0.2) is 0 Å². The quantitative estimate of drug-likeness (QED) is 0.739. The maximum atomic E-state index is 3.53. The Morgan fingerprint density at radius 3 is 2.61 bits per heavy atom. The van der Waals surface area contributed by atoms with E-state index in [0.717, 1.165) is 19.5 Å². The van der Waals surface area contributed by atoms with Gasteiger partial charge >= 0.3 is 0 Å². The van der Waals surface area contributed by atoms with Crippen molar-refractivity contribution in [2.45, 2.75) is 25.7 Å². The van der Waals surface area contributed by atoms with Crippen LogP contribution in [0, 0.1) is 0 Å². The molecule has 0 fully saturated rings. The standard InChI is InChI=1S/C16H21NS/c1-14(15-6-3-2-4-7-15)9-11-17-12-10-16-8-5-13-18-16/h2-8,13-14,17H,9-12H2,1H3. The SMILES string of the molecule is CC(CCNCCc1cccs1)c1ccccc1. The predicted octanol–water partition coefficient (Wildman–Crippen LogP) is 4.07. The lowest BCUT2D eigenvalue weighted by molar-refractivity contribution is 0.596. The summed E-state index contributed by atoms with van der Waals surface area (Å²) in [5.74, 6) is 0.639. The molecule has 2 aromatic rings. The van der Waals surface area contributed by atoms with Crippen LogP contribution in [-0.2, 0) is 6.42 Å². The van der Waals surface area contributed by atoms with Crippen molar-refractivity contribution in [2.75, 3.05) is 13.1 Å². The van der Waals surface area contributed by atoms with Crippen LogP contribution in [0.3, 0.4) is 0 Å². The van der Waals surface area contributed by atoms with E-state index in [1.54, 1.807) is 0 Å². The Bertz CT molecular complexity index is 422. The summed E-state index contributed by atoms with van der Waals surface area (Å²) in [6.07, 6.45) is 2.35. The lowest BCUT2D eigenvalue weighted by Gasteiger charge is -2.12. The molecule has 0 radical (unpaired) electrons. The Morgan fingerprint density at radius 1 is 1.06 bits per heavy atom. The van der Waals surface area contributed by atoms with Crippen LogP contribution in [0.4, 0.5) is 0 Å². The Labute approximate surface area is 114 Å². The second-order valence-corrected chi connectivity index (χ2v) is 5.71. The summed E-state index contributed by atoms with van der Waals surface area (Å²) in [5, 5.41) is 5.68. The van der Waals surface area contributed by atoms with Gasteiger partial charge in [-0.1, -0.05) is 43.3 Å². The number of thiophene rings is 1. The molecule has 0 aliphatic carbocycles. The van der Waals surface area contributed by atoms with E-state index < -0.39 is 0 Å². The van der Waals surface area contributed by atoms with Crippen LogP contribution in [0.1, 0.15) is 29.7 Å². The fourth-order valence-corrected chi connectivity index (χ4v) is 2.77. The number of benzene rings is 1. The lowest BCUT2D eigenvalue weighted by atomic mass is 9.98. The average molecular weight is 259 g/mol. The zero-order valence-electron chi connectivity index (χ0n) is 10.9. The highest BCUT2D eigenvalue weighted by Crippen LogP contribution is 2.17. The topological polar surface area (TPSA) is 12.0 Å².